The Morgan fingerprint density at radius 3 is 2.63 bits per heavy atom. The van der Waals surface area contributed by atoms with Gasteiger partial charge in [-0.05, 0) is 55.7 Å². The van der Waals surface area contributed by atoms with E-state index >= 15 is 0 Å². The van der Waals surface area contributed by atoms with Crippen LogP contribution < -0.4 is 20.4 Å². The molecule has 1 aliphatic heterocycles. The van der Waals surface area contributed by atoms with Crippen LogP contribution in [0.25, 0.3) is 0 Å². The zero-order valence-electron chi connectivity index (χ0n) is 15.9. The summed E-state index contributed by atoms with van der Waals surface area (Å²) in [6.07, 6.45) is 0. The summed E-state index contributed by atoms with van der Waals surface area (Å²) in [5.41, 5.74) is 0.667. The number of hydrogen-bond donors (Lipinski definition) is 4. The molecule has 2 aromatic rings. The molecule has 1 aliphatic rings. The van der Waals surface area contributed by atoms with Gasteiger partial charge in [0.2, 0.25) is 0 Å². The number of hydrogen-bond acceptors (Lipinski definition) is 2. The lowest BCUT2D eigenvalue weighted by Crippen LogP contribution is -3.28. The lowest BCUT2D eigenvalue weighted by Gasteiger charge is -2.37. The van der Waals surface area contributed by atoms with Gasteiger partial charge in [0.1, 0.15) is 38.0 Å². The van der Waals surface area contributed by atoms with E-state index in [9.17, 15) is 4.39 Å². The van der Waals surface area contributed by atoms with Crippen LogP contribution in [0, 0.1) is 5.82 Å². The van der Waals surface area contributed by atoms with E-state index in [1.165, 1.54) is 49.7 Å². The van der Waals surface area contributed by atoms with Gasteiger partial charge in [-0.25, -0.2) is 4.39 Å². The molecule has 2 atom stereocenters. The van der Waals surface area contributed by atoms with Gasteiger partial charge in [0, 0.05) is 5.69 Å². The van der Waals surface area contributed by atoms with Crippen LogP contribution in [0.2, 0.25) is 0 Å². The van der Waals surface area contributed by atoms with E-state index in [1.54, 1.807) is 15.9 Å². The van der Waals surface area contributed by atoms with Gasteiger partial charge >= 0.3 is 0 Å². The van der Waals surface area contributed by atoms with Crippen LogP contribution in [0.1, 0.15) is 24.8 Å². The lowest BCUT2D eigenvalue weighted by atomic mass is 10.1. The molecular weight excluding hydrogens is 379 g/mol. The fourth-order valence-electron chi connectivity index (χ4n) is 3.88. The van der Waals surface area contributed by atoms with E-state index in [2.05, 4.69) is 42.0 Å². The summed E-state index contributed by atoms with van der Waals surface area (Å²) in [6.45, 7) is 10.4. The van der Waals surface area contributed by atoms with Gasteiger partial charge in [-0.15, -0.1) is 11.3 Å². The Hall–Kier alpha value is -1.54. The fraction of sp³-hybridized carbons (Fsp3) is 0.450. The number of halogens is 1. The Bertz CT molecular complexity index is 729. The second kappa shape index (κ2) is 9.59. The van der Waals surface area contributed by atoms with E-state index in [-0.39, 0.29) is 11.9 Å². The van der Waals surface area contributed by atoms with E-state index in [4.69, 9.17) is 12.2 Å². The summed E-state index contributed by atoms with van der Waals surface area (Å²) in [7, 11) is 0. The van der Waals surface area contributed by atoms with Crippen LogP contribution in [-0.4, -0.2) is 43.9 Å². The zero-order chi connectivity index (χ0) is 19.2. The summed E-state index contributed by atoms with van der Waals surface area (Å²) >= 11 is 7.30. The van der Waals surface area contributed by atoms with Crippen molar-refractivity contribution in [2.75, 3.05) is 38.0 Å². The minimum Gasteiger partial charge on any atom is -0.354 e. The van der Waals surface area contributed by atoms with Gasteiger partial charge in [-0.3, -0.25) is 0 Å². The van der Waals surface area contributed by atoms with E-state index in [0.29, 0.717) is 16.8 Å². The molecule has 1 fully saturated rings. The van der Waals surface area contributed by atoms with E-state index in [0.717, 1.165) is 0 Å². The number of likely N-dealkylation sites (N-methyl/N-ethyl adjacent to an activating group) is 1. The number of piperazine rings is 1. The van der Waals surface area contributed by atoms with Crippen molar-refractivity contribution in [2.24, 2.45) is 0 Å². The topological polar surface area (TPSA) is 32.9 Å². The van der Waals surface area contributed by atoms with Crippen molar-refractivity contribution >= 4 is 34.4 Å². The van der Waals surface area contributed by atoms with Gasteiger partial charge < -0.3 is 20.4 Å². The van der Waals surface area contributed by atoms with E-state index < -0.39 is 0 Å². The number of nitrogens with one attached hydrogen (secondary N) is 4. The standard InChI is InChI=1S/C20H27FN4S2/c1-3-24-9-11-25(12-10-24)19(18-8-5-13-27-18)15(2)22-20(26)23-17-7-4-6-16(21)14-17/h4-8,13-15,19H,3,9-12H2,1-2H3,(H2,22,23,26)/p+2/t15-,19+/m0/s1. The molecule has 4 N–H and O–H groups in total. The highest BCUT2D eigenvalue weighted by Crippen LogP contribution is 2.20. The molecule has 0 unspecified atom stereocenters. The molecule has 3 rings (SSSR count). The maximum Gasteiger partial charge on any atom is 0.171 e. The van der Waals surface area contributed by atoms with Crippen LogP contribution >= 0.6 is 23.6 Å². The van der Waals surface area contributed by atoms with E-state index in [1.807, 2.05) is 17.4 Å². The molecule has 1 aromatic heterocycles. The molecule has 0 aliphatic carbocycles. The highest BCUT2D eigenvalue weighted by Gasteiger charge is 2.34. The van der Waals surface area contributed by atoms with Crippen LogP contribution in [-0.2, 0) is 0 Å². The Balaban J connectivity index is 1.66. The maximum absolute atomic E-state index is 13.4. The number of anilines is 1. The monoisotopic (exact) mass is 408 g/mol. The smallest absolute Gasteiger partial charge is 0.171 e. The fourth-order valence-corrected chi connectivity index (χ4v) is 5.17. The molecule has 7 heteroatoms. The molecule has 4 nitrogen and oxygen atoms in total. The minimum atomic E-state index is -0.270. The normalized spacial score (nSPS) is 22.0. The number of quaternary nitrogens is 2. The second-order valence-corrected chi connectivity index (χ2v) is 8.54. The number of benzene rings is 1. The van der Waals surface area contributed by atoms with Crippen molar-refractivity contribution < 1.29 is 14.2 Å². The SMILES string of the molecule is CC[NH+]1CC[NH+]([C@@H](c2cccs2)[C@H](C)NC(=S)Nc2cccc(F)c2)CC1. The molecule has 2 heterocycles. The molecule has 146 valence electrons. The number of thiocarbonyl (C=S) groups is 1. The first-order chi connectivity index (χ1) is 13.1. The van der Waals surface area contributed by atoms with Gasteiger partial charge in [0.15, 0.2) is 5.11 Å². The van der Waals surface area contributed by atoms with Gasteiger partial charge in [-0.1, -0.05) is 12.1 Å². The Kier molecular flexibility index (Phi) is 7.18. The highest BCUT2D eigenvalue weighted by molar-refractivity contribution is 7.80. The molecule has 0 spiro atoms. The first-order valence-corrected chi connectivity index (χ1v) is 10.9. The predicted molar refractivity (Wildman–Crippen MR) is 114 cm³/mol. The van der Waals surface area contributed by atoms with Gasteiger partial charge in [0.05, 0.1) is 17.5 Å². The van der Waals surface area contributed by atoms with Crippen molar-refractivity contribution in [2.45, 2.75) is 25.9 Å². The maximum atomic E-state index is 13.4. The average molecular weight is 409 g/mol. The van der Waals surface area contributed by atoms with Crippen LogP contribution in [0.5, 0.6) is 0 Å². The van der Waals surface area contributed by atoms with Crippen molar-refractivity contribution in [1.29, 1.82) is 0 Å². The molecule has 0 radical (unpaired) electrons. The third kappa shape index (κ3) is 5.48. The summed E-state index contributed by atoms with van der Waals surface area (Å²) in [5, 5.41) is 9.22. The Morgan fingerprint density at radius 1 is 1.22 bits per heavy atom. The average Bonchev–Trinajstić information content (AvgIpc) is 3.16. The molecular formula is C20H29FN4S2+2. The first kappa shape index (κ1) is 20.2. The third-order valence-corrected chi connectivity index (χ3v) is 6.51. The van der Waals surface area contributed by atoms with Crippen LogP contribution in [0.4, 0.5) is 10.1 Å². The molecule has 0 bridgehead atoms. The molecule has 27 heavy (non-hydrogen) atoms. The Labute approximate surface area is 170 Å². The van der Waals surface area contributed by atoms with Gasteiger partial charge in [-0.2, -0.15) is 0 Å². The first-order valence-electron chi connectivity index (χ1n) is 9.61. The van der Waals surface area contributed by atoms with Crippen LogP contribution in [0.3, 0.4) is 0 Å². The second-order valence-electron chi connectivity index (χ2n) is 7.15. The summed E-state index contributed by atoms with van der Waals surface area (Å²) in [5.74, 6) is -0.270. The lowest BCUT2D eigenvalue weighted by molar-refractivity contribution is -1.03. The molecule has 0 amide bonds. The zero-order valence-corrected chi connectivity index (χ0v) is 17.6. The Morgan fingerprint density at radius 2 is 2.00 bits per heavy atom. The minimum absolute atomic E-state index is 0.176. The van der Waals surface area contributed by atoms with Crippen molar-refractivity contribution in [3.05, 3.63) is 52.5 Å². The van der Waals surface area contributed by atoms with Gasteiger partial charge in [0.25, 0.3) is 0 Å². The summed E-state index contributed by atoms with van der Waals surface area (Å²) in [4.78, 5) is 4.69. The summed E-state index contributed by atoms with van der Waals surface area (Å²) in [6, 6.07) is 11.3. The van der Waals surface area contributed by atoms with Crippen molar-refractivity contribution in [3.63, 3.8) is 0 Å². The number of thiophene rings is 1. The number of rotatable bonds is 6. The predicted octanol–water partition coefficient (Wildman–Crippen LogP) is 1.11. The van der Waals surface area contributed by atoms with Crippen molar-refractivity contribution in [3.8, 4) is 0 Å². The summed E-state index contributed by atoms with van der Waals surface area (Å²) < 4.78 is 13.4. The molecule has 1 aromatic carbocycles. The highest BCUT2D eigenvalue weighted by atomic mass is 32.1. The third-order valence-electron chi connectivity index (χ3n) is 5.33. The quantitative estimate of drug-likeness (QED) is 0.541. The van der Waals surface area contributed by atoms with Crippen molar-refractivity contribution in [1.82, 2.24) is 5.32 Å². The molecule has 1 saturated heterocycles. The van der Waals surface area contributed by atoms with Crippen LogP contribution in [0.15, 0.2) is 41.8 Å². The molecule has 0 saturated carbocycles. The largest absolute Gasteiger partial charge is 0.354 e.